The summed E-state index contributed by atoms with van der Waals surface area (Å²) >= 11 is 1.53. The second kappa shape index (κ2) is 9.21. The molecular formula is C25H29N3O3S2. The number of carbonyl (C=O) groups excluding carboxylic acids is 1. The molecule has 33 heavy (non-hydrogen) atoms. The highest BCUT2D eigenvalue weighted by Gasteiger charge is 2.28. The van der Waals surface area contributed by atoms with Crippen LogP contribution in [0, 0.1) is 17.2 Å². The molecule has 1 saturated carbocycles. The van der Waals surface area contributed by atoms with Gasteiger partial charge in [-0.05, 0) is 48.8 Å². The molecule has 3 aliphatic rings. The van der Waals surface area contributed by atoms with Crippen molar-refractivity contribution < 1.29 is 13.2 Å². The summed E-state index contributed by atoms with van der Waals surface area (Å²) < 4.78 is 24.0. The number of aryl methyl sites for hydroxylation is 1. The van der Waals surface area contributed by atoms with Gasteiger partial charge < -0.3 is 5.32 Å². The molecule has 6 nitrogen and oxygen atoms in total. The lowest BCUT2D eigenvalue weighted by Crippen LogP contribution is -2.34. The number of amides is 1. The van der Waals surface area contributed by atoms with Gasteiger partial charge in [-0.2, -0.15) is 5.26 Å². The molecule has 5 rings (SSSR count). The van der Waals surface area contributed by atoms with Crippen LogP contribution in [0.2, 0.25) is 0 Å². The summed E-state index contributed by atoms with van der Waals surface area (Å²) in [6.45, 7) is 2.91. The number of fused-ring (bicyclic) bond motifs is 2. The quantitative estimate of drug-likeness (QED) is 0.692. The van der Waals surface area contributed by atoms with Crippen LogP contribution >= 0.6 is 11.3 Å². The van der Waals surface area contributed by atoms with Crippen LogP contribution in [-0.2, 0) is 40.4 Å². The molecule has 2 aliphatic heterocycles. The molecular weight excluding hydrogens is 454 g/mol. The van der Waals surface area contributed by atoms with Crippen molar-refractivity contribution in [2.24, 2.45) is 5.92 Å². The molecule has 1 aromatic heterocycles. The zero-order chi connectivity index (χ0) is 23.0. The van der Waals surface area contributed by atoms with Crippen LogP contribution in [0.15, 0.2) is 23.1 Å². The van der Waals surface area contributed by atoms with E-state index < -0.39 is 9.84 Å². The molecule has 1 fully saturated rings. The summed E-state index contributed by atoms with van der Waals surface area (Å²) in [5.74, 6) is 0.734. The second-order valence-electron chi connectivity index (χ2n) is 9.54. The highest BCUT2D eigenvalue weighted by atomic mass is 32.2. The minimum atomic E-state index is -3.16. The molecule has 0 atom stereocenters. The Labute approximate surface area is 199 Å². The number of sulfone groups is 1. The lowest BCUT2D eigenvalue weighted by atomic mass is 9.88. The van der Waals surface area contributed by atoms with Crippen LogP contribution in [-0.4, -0.2) is 38.1 Å². The third-order valence-electron chi connectivity index (χ3n) is 7.20. The fourth-order valence-electron chi connectivity index (χ4n) is 5.49. The first-order chi connectivity index (χ1) is 15.9. The van der Waals surface area contributed by atoms with Gasteiger partial charge in [0.05, 0.1) is 22.6 Å². The monoisotopic (exact) mass is 483 g/mol. The molecule has 3 heterocycles. The predicted molar refractivity (Wildman–Crippen MR) is 129 cm³/mol. The minimum absolute atomic E-state index is 0.141. The van der Waals surface area contributed by atoms with Crippen LogP contribution in [0.5, 0.6) is 0 Å². The number of hydrogen-bond donors (Lipinski definition) is 1. The van der Waals surface area contributed by atoms with Crippen molar-refractivity contribution in [3.63, 3.8) is 0 Å². The lowest BCUT2D eigenvalue weighted by molar-refractivity contribution is -0.115. The molecule has 0 radical (unpaired) electrons. The van der Waals surface area contributed by atoms with Gasteiger partial charge in [0, 0.05) is 30.1 Å². The van der Waals surface area contributed by atoms with Gasteiger partial charge in [-0.1, -0.05) is 31.4 Å². The number of nitrogens with zero attached hydrogens (tertiary/aromatic N) is 2. The van der Waals surface area contributed by atoms with Crippen LogP contribution in [0.25, 0.3) is 0 Å². The summed E-state index contributed by atoms with van der Waals surface area (Å²) in [6, 6.07) is 7.50. The standard InChI is InChI=1S/C25H29N3O3S2/c26-14-20-21-16-28(15-17-4-2-1-3-5-17)10-8-22(21)32-25(20)27-24(29)13-18-6-7-23-19(12-18)9-11-33(23,30)31/h6-7,12,17H,1-5,8-11,13,15-16H2,(H,27,29). The van der Waals surface area contributed by atoms with Crippen molar-refractivity contribution in [2.45, 2.75) is 62.8 Å². The second-order valence-corrected chi connectivity index (χ2v) is 12.7. The van der Waals surface area contributed by atoms with Crippen molar-refractivity contribution >= 4 is 32.1 Å². The minimum Gasteiger partial charge on any atom is -0.316 e. The Kier molecular flexibility index (Phi) is 6.30. The number of carbonyl (C=O) groups is 1. The van der Waals surface area contributed by atoms with E-state index in [4.69, 9.17) is 0 Å². The first-order valence-electron chi connectivity index (χ1n) is 11.8. The Balaban J connectivity index is 1.26. The summed E-state index contributed by atoms with van der Waals surface area (Å²) in [5, 5.41) is 13.5. The van der Waals surface area contributed by atoms with Crippen molar-refractivity contribution in [3.8, 4) is 6.07 Å². The molecule has 1 aromatic carbocycles. The molecule has 0 saturated heterocycles. The Bertz CT molecular complexity index is 1220. The number of benzene rings is 1. The van der Waals surface area contributed by atoms with Crippen molar-refractivity contribution in [3.05, 3.63) is 45.3 Å². The number of nitrogens with one attached hydrogen (secondary N) is 1. The van der Waals surface area contributed by atoms with Crippen LogP contribution < -0.4 is 5.32 Å². The average molecular weight is 484 g/mol. The Morgan fingerprint density at radius 3 is 2.82 bits per heavy atom. The van der Waals surface area contributed by atoms with Crippen LogP contribution in [0.4, 0.5) is 5.00 Å². The van der Waals surface area contributed by atoms with Gasteiger partial charge >= 0.3 is 0 Å². The molecule has 0 spiro atoms. The van der Waals surface area contributed by atoms with E-state index in [9.17, 15) is 18.5 Å². The Morgan fingerprint density at radius 1 is 1.21 bits per heavy atom. The van der Waals surface area contributed by atoms with Crippen LogP contribution in [0.3, 0.4) is 0 Å². The lowest BCUT2D eigenvalue weighted by Gasteiger charge is -2.32. The number of thiophene rings is 1. The molecule has 0 bridgehead atoms. The number of anilines is 1. The van der Waals surface area contributed by atoms with E-state index in [1.165, 1.54) is 48.3 Å². The predicted octanol–water partition coefficient (Wildman–Crippen LogP) is 4.07. The summed E-state index contributed by atoms with van der Waals surface area (Å²) in [6.07, 6.45) is 8.25. The SMILES string of the molecule is N#Cc1c(NC(=O)Cc2ccc3c(c2)CCS3(=O)=O)sc2c1CN(CC1CCCCC1)CC2. The first kappa shape index (κ1) is 22.6. The topological polar surface area (TPSA) is 90.3 Å². The van der Waals surface area contributed by atoms with Crippen molar-refractivity contribution in [1.29, 1.82) is 5.26 Å². The van der Waals surface area contributed by atoms with Gasteiger partial charge in [0.15, 0.2) is 9.84 Å². The first-order valence-corrected chi connectivity index (χ1v) is 14.3. The van der Waals surface area contributed by atoms with Gasteiger partial charge in [-0.15, -0.1) is 11.3 Å². The molecule has 8 heteroatoms. The fraction of sp³-hybridized carbons (Fsp3) is 0.520. The summed E-state index contributed by atoms with van der Waals surface area (Å²) in [4.78, 5) is 16.9. The highest BCUT2D eigenvalue weighted by molar-refractivity contribution is 7.91. The molecule has 1 N–H and O–H groups in total. The van der Waals surface area contributed by atoms with Crippen molar-refractivity contribution in [1.82, 2.24) is 4.90 Å². The maximum atomic E-state index is 12.8. The van der Waals surface area contributed by atoms with E-state index >= 15 is 0 Å². The number of rotatable bonds is 5. The van der Waals surface area contributed by atoms with Gasteiger partial charge in [0.1, 0.15) is 11.1 Å². The molecule has 1 aliphatic carbocycles. The highest BCUT2D eigenvalue weighted by Crippen LogP contribution is 2.37. The molecule has 174 valence electrons. The largest absolute Gasteiger partial charge is 0.316 e. The van der Waals surface area contributed by atoms with Crippen LogP contribution in [0.1, 0.15) is 59.2 Å². The van der Waals surface area contributed by atoms with E-state index in [0.29, 0.717) is 21.9 Å². The van der Waals surface area contributed by atoms with E-state index in [-0.39, 0.29) is 18.1 Å². The zero-order valence-corrected chi connectivity index (χ0v) is 20.4. The Morgan fingerprint density at radius 2 is 2.03 bits per heavy atom. The normalized spacial score (nSPS) is 20.1. The summed E-state index contributed by atoms with van der Waals surface area (Å²) in [7, 11) is -3.16. The van der Waals surface area contributed by atoms with Gasteiger partial charge in [0.2, 0.25) is 5.91 Å². The third-order valence-corrected chi connectivity index (χ3v) is 10.2. The van der Waals surface area contributed by atoms with E-state index in [1.54, 1.807) is 12.1 Å². The van der Waals surface area contributed by atoms with E-state index in [2.05, 4.69) is 16.3 Å². The molecule has 1 amide bonds. The maximum Gasteiger partial charge on any atom is 0.229 e. The maximum absolute atomic E-state index is 12.8. The zero-order valence-electron chi connectivity index (χ0n) is 18.7. The van der Waals surface area contributed by atoms with E-state index in [1.807, 2.05) is 6.07 Å². The molecule has 2 aromatic rings. The smallest absolute Gasteiger partial charge is 0.229 e. The van der Waals surface area contributed by atoms with Gasteiger partial charge in [0.25, 0.3) is 0 Å². The average Bonchev–Trinajstić information content (AvgIpc) is 3.29. The molecule has 0 unspecified atom stereocenters. The van der Waals surface area contributed by atoms with E-state index in [0.717, 1.165) is 48.7 Å². The Hall–Kier alpha value is -2.21. The van der Waals surface area contributed by atoms with Crippen molar-refractivity contribution in [2.75, 3.05) is 24.2 Å². The fourth-order valence-corrected chi connectivity index (χ4v) is 8.20. The van der Waals surface area contributed by atoms with Gasteiger partial charge in [-0.3, -0.25) is 9.69 Å². The third kappa shape index (κ3) is 4.72. The van der Waals surface area contributed by atoms with Gasteiger partial charge in [-0.25, -0.2) is 8.42 Å². The number of nitriles is 1. The summed E-state index contributed by atoms with van der Waals surface area (Å²) in [5.41, 5.74) is 3.28. The number of hydrogen-bond acceptors (Lipinski definition) is 6.